The second-order valence-corrected chi connectivity index (χ2v) is 5.76. The fourth-order valence-corrected chi connectivity index (χ4v) is 2.74. The molecule has 1 unspecified atom stereocenters. The Bertz CT molecular complexity index is 721. The van der Waals surface area contributed by atoms with Crippen molar-refractivity contribution in [3.05, 3.63) is 36.0 Å². The van der Waals surface area contributed by atoms with Crippen molar-refractivity contribution < 1.29 is 9.53 Å². The zero-order valence-electron chi connectivity index (χ0n) is 12.4. The summed E-state index contributed by atoms with van der Waals surface area (Å²) in [5.74, 6) is 0.705. The van der Waals surface area contributed by atoms with Crippen molar-refractivity contribution >= 4 is 5.91 Å². The summed E-state index contributed by atoms with van der Waals surface area (Å²) in [6.07, 6.45) is 2.42. The number of carbonyl (C=O) groups excluding carboxylic acids is 1. The van der Waals surface area contributed by atoms with Crippen molar-refractivity contribution in [3.8, 4) is 17.0 Å². The number of hydrogen-bond acceptors (Lipinski definition) is 4. The van der Waals surface area contributed by atoms with Gasteiger partial charge >= 0.3 is 0 Å². The number of fused-ring (bicyclic) bond motifs is 1. The number of carbonyl (C=O) groups is 1. The van der Waals surface area contributed by atoms with Crippen LogP contribution in [-0.4, -0.2) is 35.4 Å². The second-order valence-electron chi connectivity index (χ2n) is 5.76. The maximum absolute atomic E-state index is 12.1. The van der Waals surface area contributed by atoms with E-state index in [-0.39, 0.29) is 12.1 Å². The van der Waals surface area contributed by atoms with E-state index in [9.17, 15) is 4.79 Å². The van der Waals surface area contributed by atoms with Gasteiger partial charge in [-0.1, -0.05) is 12.1 Å². The van der Waals surface area contributed by atoms with Crippen molar-refractivity contribution in [1.29, 1.82) is 0 Å². The minimum absolute atomic E-state index is 0.0274. The van der Waals surface area contributed by atoms with Crippen LogP contribution in [0.2, 0.25) is 0 Å². The van der Waals surface area contributed by atoms with E-state index in [0.29, 0.717) is 18.3 Å². The molecule has 1 fully saturated rings. The number of amides is 1. The van der Waals surface area contributed by atoms with Gasteiger partial charge in [-0.3, -0.25) is 10.1 Å². The third-order valence-corrected chi connectivity index (χ3v) is 4.09. The number of hydrogen-bond donors (Lipinski definition) is 2. The van der Waals surface area contributed by atoms with Crippen LogP contribution < -0.4 is 15.4 Å². The molecule has 22 heavy (non-hydrogen) atoms. The van der Waals surface area contributed by atoms with E-state index in [1.54, 1.807) is 7.11 Å². The Labute approximate surface area is 128 Å². The summed E-state index contributed by atoms with van der Waals surface area (Å²) in [6.45, 7) is 0.571. The van der Waals surface area contributed by atoms with Gasteiger partial charge < -0.3 is 10.1 Å². The van der Waals surface area contributed by atoms with Gasteiger partial charge in [-0.05, 0) is 31.0 Å². The molecule has 2 N–H and O–H groups in total. The Kier molecular flexibility index (Phi) is 3.11. The van der Waals surface area contributed by atoms with Crippen LogP contribution in [0.15, 0.2) is 30.3 Å². The molecule has 1 aromatic carbocycles. The molecule has 4 rings (SSSR count). The molecule has 1 amide bonds. The SMILES string of the molecule is COc1cccc(-c2cc3n(n2)C(NC2CC2)CNC3=O)c1. The van der Waals surface area contributed by atoms with Gasteiger partial charge in [-0.2, -0.15) is 5.10 Å². The molecule has 1 aliphatic heterocycles. The summed E-state index contributed by atoms with van der Waals surface area (Å²) in [5.41, 5.74) is 2.33. The van der Waals surface area contributed by atoms with Gasteiger partial charge in [0.25, 0.3) is 5.91 Å². The molecule has 0 bridgehead atoms. The van der Waals surface area contributed by atoms with Crippen LogP contribution in [0.25, 0.3) is 11.3 Å². The molecule has 6 heteroatoms. The molecule has 1 atom stereocenters. The summed E-state index contributed by atoms with van der Waals surface area (Å²) in [6, 6.07) is 10.1. The highest BCUT2D eigenvalue weighted by molar-refractivity contribution is 5.94. The van der Waals surface area contributed by atoms with Crippen molar-refractivity contribution in [1.82, 2.24) is 20.4 Å². The van der Waals surface area contributed by atoms with E-state index in [4.69, 9.17) is 4.74 Å². The summed E-state index contributed by atoms with van der Waals surface area (Å²) >= 11 is 0. The molecule has 6 nitrogen and oxygen atoms in total. The number of aromatic nitrogens is 2. The van der Waals surface area contributed by atoms with E-state index < -0.39 is 0 Å². The molecular weight excluding hydrogens is 280 g/mol. The smallest absolute Gasteiger partial charge is 0.269 e. The molecule has 0 spiro atoms. The van der Waals surface area contributed by atoms with Crippen molar-refractivity contribution in [2.24, 2.45) is 0 Å². The highest BCUT2D eigenvalue weighted by atomic mass is 16.5. The lowest BCUT2D eigenvalue weighted by Gasteiger charge is -2.25. The first kappa shape index (κ1) is 13.3. The molecule has 2 aromatic rings. The first-order valence-corrected chi connectivity index (χ1v) is 7.53. The Morgan fingerprint density at radius 3 is 3.00 bits per heavy atom. The predicted octanol–water partition coefficient (Wildman–Crippen LogP) is 1.55. The number of methoxy groups -OCH3 is 1. The van der Waals surface area contributed by atoms with Crippen LogP contribution in [-0.2, 0) is 0 Å². The lowest BCUT2D eigenvalue weighted by Crippen LogP contribution is -2.45. The number of benzene rings is 1. The van der Waals surface area contributed by atoms with E-state index in [1.807, 2.05) is 35.0 Å². The lowest BCUT2D eigenvalue weighted by atomic mass is 10.1. The number of rotatable bonds is 4. The van der Waals surface area contributed by atoms with Crippen LogP contribution in [0.4, 0.5) is 0 Å². The Morgan fingerprint density at radius 2 is 2.23 bits per heavy atom. The van der Waals surface area contributed by atoms with Crippen molar-refractivity contribution in [3.63, 3.8) is 0 Å². The summed E-state index contributed by atoms with van der Waals surface area (Å²) in [5, 5.41) is 11.1. The van der Waals surface area contributed by atoms with Gasteiger partial charge in [0.15, 0.2) is 0 Å². The third-order valence-electron chi connectivity index (χ3n) is 4.09. The molecule has 0 saturated heterocycles. The standard InChI is InChI=1S/C16H18N4O2/c1-22-12-4-2-3-10(7-12)13-8-14-16(21)17-9-15(20(14)19-13)18-11-5-6-11/h2-4,7-8,11,15,18H,5-6,9H2,1H3,(H,17,21). The number of ether oxygens (including phenoxy) is 1. The van der Waals surface area contributed by atoms with Crippen LogP contribution >= 0.6 is 0 Å². The van der Waals surface area contributed by atoms with Crippen molar-refractivity contribution in [2.75, 3.05) is 13.7 Å². The average Bonchev–Trinajstić information content (AvgIpc) is 3.24. The van der Waals surface area contributed by atoms with E-state index in [2.05, 4.69) is 15.7 Å². The van der Waals surface area contributed by atoms with Gasteiger partial charge in [0.1, 0.15) is 17.6 Å². The fourth-order valence-electron chi connectivity index (χ4n) is 2.74. The van der Waals surface area contributed by atoms with E-state index in [0.717, 1.165) is 17.0 Å². The van der Waals surface area contributed by atoms with Gasteiger partial charge in [-0.15, -0.1) is 0 Å². The fraction of sp³-hybridized carbons (Fsp3) is 0.375. The summed E-state index contributed by atoms with van der Waals surface area (Å²) in [4.78, 5) is 12.1. The Hall–Kier alpha value is -2.34. The predicted molar refractivity (Wildman–Crippen MR) is 81.7 cm³/mol. The number of nitrogens with one attached hydrogen (secondary N) is 2. The lowest BCUT2D eigenvalue weighted by molar-refractivity contribution is 0.0900. The third kappa shape index (κ3) is 2.35. The first-order chi connectivity index (χ1) is 10.7. The monoisotopic (exact) mass is 298 g/mol. The van der Waals surface area contributed by atoms with Crippen LogP contribution in [0, 0.1) is 0 Å². The van der Waals surface area contributed by atoms with Crippen LogP contribution in [0.1, 0.15) is 29.5 Å². The minimum atomic E-state index is -0.0736. The maximum atomic E-state index is 12.1. The zero-order chi connectivity index (χ0) is 15.1. The van der Waals surface area contributed by atoms with Crippen LogP contribution in [0.3, 0.4) is 0 Å². The Balaban J connectivity index is 1.71. The van der Waals surface area contributed by atoms with E-state index >= 15 is 0 Å². The highest BCUT2D eigenvalue weighted by Gasteiger charge is 2.31. The van der Waals surface area contributed by atoms with Gasteiger partial charge in [0, 0.05) is 11.6 Å². The molecule has 2 heterocycles. The normalized spacial score (nSPS) is 20.4. The molecular formula is C16H18N4O2. The molecule has 1 saturated carbocycles. The van der Waals surface area contributed by atoms with Gasteiger partial charge in [0.05, 0.1) is 19.3 Å². The van der Waals surface area contributed by atoms with Gasteiger partial charge in [-0.25, -0.2) is 4.68 Å². The van der Waals surface area contributed by atoms with Crippen molar-refractivity contribution in [2.45, 2.75) is 25.0 Å². The largest absolute Gasteiger partial charge is 0.497 e. The number of nitrogens with zero attached hydrogens (tertiary/aromatic N) is 2. The van der Waals surface area contributed by atoms with Crippen LogP contribution in [0.5, 0.6) is 5.75 Å². The van der Waals surface area contributed by atoms with Gasteiger partial charge in [0.2, 0.25) is 0 Å². The summed E-state index contributed by atoms with van der Waals surface area (Å²) < 4.78 is 7.07. The minimum Gasteiger partial charge on any atom is -0.497 e. The second kappa shape index (κ2) is 5.14. The Morgan fingerprint density at radius 1 is 1.36 bits per heavy atom. The molecule has 114 valence electrons. The maximum Gasteiger partial charge on any atom is 0.269 e. The molecule has 1 aliphatic carbocycles. The zero-order valence-corrected chi connectivity index (χ0v) is 12.4. The molecule has 0 radical (unpaired) electrons. The summed E-state index contributed by atoms with van der Waals surface area (Å²) in [7, 11) is 1.64. The highest BCUT2D eigenvalue weighted by Crippen LogP contribution is 2.27. The molecule has 1 aromatic heterocycles. The average molecular weight is 298 g/mol. The quantitative estimate of drug-likeness (QED) is 0.898. The first-order valence-electron chi connectivity index (χ1n) is 7.53. The topological polar surface area (TPSA) is 68.2 Å². The van der Waals surface area contributed by atoms with E-state index in [1.165, 1.54) is 12.8 Å². The molecule has 2 aliphatic rings.